The van der Waals surface area contributed by atoms with Gasteiger partial charge in [0.05, 0.1) is 44.1 Å². The number of carbonyl (C=O) groups excluding carboxylic acids is 2. The Hall–Kier alpha value is -2.39. The number of phosphoric ester groups is 1. The minimum atomic E-state index is -5.25. The lowest BCUT2D eigenvalue weighted by Gasteiger charge is -2.44. The first-order chi connectivity index (χ1) is 18.7. The molecule has 3 heterocycles. The SMILES string of the molecule is NCC(=O)NC1C(O)CC(C=O)(OP(=O)(O)OCC2O[C@@H](n3ccc(N)nc3=O)[C@H](O)[C@@H]2O)OC1C[C@H](O)CO. The second-order valence-electron chi connectivity index (χ2n) is 9.17. The fourth-order valence-electron chi connectivity index (χ4n) is 4.28. The largest absolute Gasteiger partial charge is 0.475 e. The van der Waals surface area contributed by atoms with Crippen LogP contribution >= 0.6 is 7.82 Å². The van der Waals surface area contributed by atoms with Gasteiger partial charge in [0.2, 0.25) is 11.7 Å². The maximum absolute atomic E-state index is 12.8. The Bertz CT molecular complexity index is 1160. The van der Waals surface area contributed by atoms with Crippen molar-refractivity contribution in [1.82, 2.24) is 14.9 Å². The van der Waals surface area contributed by atoms with Gasteiger partial charge in [0.1, 0.15) is 24.1 Å². The number of aromatic nitrogens is 2. The fraction of sp³-hybridized carbons (Fsp3) is 0.700. The number of hydrogen-bond acceptors (Lipinski definition) is 16. The van der Waals surface area contributed by atoms with Crippen molar-refractivity contribution in [2.45, 2.75) is 67.5 Å². The molecule has 2 aliphatic heterocycles. The average molecular weight is 597 g/mol. The third kappa shape index (κ3) is 7.46. The topological polar surface area (TPSA) is 308 Å². The molecule has 0 saturated carbocycles. The number of aldehydes is 1. The summed E-state index contributed by atoms with van der Waals surface area (Å²) in [7, 11) is -5.25. The van der Waals surface area contributed by atoms with Crippen LogP contribution in [-0.4, -0.2) is 120 Å². The van der Waals surface area contributed by atoms with Gasteiger partial charge in [-0.1, -0.05) is 0 Å². The van der Waals surface area contributed by atoms with Gasteiger partial charge in [0.15, 0.2) is 12.5 Å². The van der Waals surface area contributed by atoms with Crippen LogP contribution in [0.4, 0.5) is 5.82 Å². The molecule has 6 unspecified atom stereocenters. The molecule has 226 valence electrons. The molecule has 40 heavy (non-hydrogen) atoms. The zero-order chi connectivity index (χ0) is 29.8. The van der Waals surface area contributed by atoms with Gasteiger partial charge in [-0.3, -0.25) is 18.7 Å². The number of amides is 1. The second-order valence-corrected chi connectivity index (χ2v) is 10.5. The van der Waals surface area contributed by atoms with Crippen LogP contribution in [0.2, 0.25) is 0 Å². The number of nitrogen functional groups attached to an aromatic ring is 1. The van der Waals surface area contributed by atoms with Crippen LogP contribution in [0.25, 0.3) is 0 Å². The lowest BCUT2D eigenvalue weighted by Crippen LogP contribution is -2.63. The molecule has 1 aromatic heterocycles. The number of anilines is 1. The summed E-state index contributed by atoms with van der Waals surface area (Å²) in [4.78, 5) is 49.7. The molecule has 19 nitrogen and oxygen atoms in total. The molecule has 2 fully saturated rings. The molecule has 20 heteroatoms. The third-order valence-corrected chi connectivity index (χ3v) is 7.22. The van der Waals surface area contributed by atoms with E-state index in [9.17, 15) is 49.4 Å². The molecule has 0 radical (unpaired) electrons. The van der Waals surface area contributed by atoms with Crippen molar-refractivity contribution >= 4 is 25.8 Å². The number of nitrogens with zero attached hydrogens (tertiary/aromatic N) is 2. The van der Waals surface area contributed by atoms with E-state index < -0.39 is 107 Å². The van der Waals surface area contributed by atoms with E-state index in [0.717, 1.165) is 10.8 Å². The van der Waals surface area contributed by atoms with E-state index in [2.05, 4.69) is 10.3 Å². The van der Waals surface area contributed by atoms with Crippen LogP contribution in [0.15, 0.2) is 17.1 Å². The smallest absolute Gasteiger partial charge is 0.394 e. The molecule has 2 saturated heterocycles. The van der Waals surface area contributed by atoms with E-state index in [1.807, 2.05) is 0 Å². The Morgan fingerprint density at radius 3 is 2.65 bits per heavy atom. The molecule has 0 aliphatic carbocycles. The number of nitrogens with one attached hydrogen (secondary N) is 1. The Balaban J connectivity index is 1.72. The highest BCUT2D eigenvalue weighted by Gasteiger charge is 2.53. The van der Waals surface area contributed by atoms with Crippen LogP contribution < -0.4 is 22.5 Å². The summed E-state index contributed by atoms with van der Waals surface area (Å²) < 4.78 is 34.3. The molecule has 0 spiro atoms. The molecule has 1 amide bonds. The highest BCUT2D eigenvalue weighted by atomic mass is 31.2. The monoisotopic (exact) mass is 597 g/mol. The summed E-state index contributed by atoms with van der Waals surface area (Å²) in [5.41, 5.74) is 9.79. The van der Waals surface area contributed by atoms with E-state index in [4.69, 9.17) is 30.0 Å². The molecule has 10 atom stereocenters. The normalized spacial score (nSPS) is 34.6. The van der Waals surface area contributed by atoms with Crippen LogP contribution in [0, 0.1) is 0 Å². The summed E-state index contributed by atoms with van der Waals surface area (Å²) in [5.74, 6) is -3.44. The van der Waals surface area contributed by atoms with Gasteiger partial charge < -0.3 is 56.7 Å². The van der Waals surface area contributed by atoms with Gasteiger partial charge in [-0.2, -0.15) is 4.98 Å². The quantitative estimate of drug-likeness (QED) is 0.0803. The Morgan fingerprint density at radius 2 is 2.05 bits per heavy atom. The number of phosphoric acid groups is 1. The zero-order valence-corrected chi connectivity index (χ0v) is 21.7. The van der Waals surface area contributed by atoms with Crippen LogP contribution in [0.1, 0.15) is 19.1 Å². The van der Waals surface area contributed by atoms with E-state index in [1.165, 1.54) is 6.07 Å². The van der Waals surface area contributed by atoms with Crippen molar-refractivity contribution < 1.29 is 63.1 Å². The summed E-state index contributed by atoms with van der Waals surface area (Å²) >= 11 is 0. The molecular formula is C20H32N5O14P. The number of ether oxygens (including phenoxy) is 2. The summed E-state index contributed by atoms with van der Waals surface area (Å²) in [6.45, 7) is -2.11. The van der Waals surface area contributed by atoms with Crippen molar-refractivity contribution in [2.75, 3.05) is 25.5 Å². The fourth-order valence-corrected chi connectivity index (χ4v) is 5.22. The zero-order valence-electron chi connectivity index (χ0n) is 20.8. The molecule has 0 bridgehead atoms. The first-order valence-electron chi connectivity index (χ1n) is 11.9. The number of nitrogens with two attached hydrogens (primary N) is 2. The Labute approximate surface area is 225 Å². The average Bonchev–Trinajstić information content (AvgIpc) is 3.17. The van der Waals surface area contributed by atoms with Crippen molar-refractivity contribution in [3.63, 3.8) is 0 Å². The molecule has 3 rings (SSSR count). The van der Waals surface area contributed by atoms with Crippen molar-refractivity contribution in [3.05, 3.63) is 22.7 Å². The van der Waals surface area contributed by atoms with Gasteiger partial charge in [-0.05, 0) is 6.07 Å². The number of rotatable bonds is 12. The summed E-state index contributed by atoms with van der Waals surface area (Å²) in [6, 6.07) is -0.0145. The molecule has 1 aromatic rings. The maximum Gasteiger partial charge on any atom is 0.475 e. The summed E-state index contributed by atoms with van der Waals surface area (Å²) in [6.07, 6.45) is -10.9. The number of carbonyl (C=O) groups is 2. The molecular weight excluding hydrogens is 565 g/mol. The minimum absolute atomic E-state index is 0.0387. The Kier molecular flexibility index (Phi) is 10.5. The second kappa shape index (κ2) is 13.1. The van der Waals surface area contributed by atoms with E-state index in [0.29, 0.717) is 0 Å². The van der Waals surface area contributed by atoms with Gasteiger partial charge in [-0.15, -0.1) is 0 Å². The van der Waals surface area contributed by atoms with Crippen LogP contribution in [0.5, 0.6) is 0 Å². The van der Waals surface area contributed by atoms with Crippen molar-refractivity contribution in [3.8, 4) is 0 Å². The number of aliphatic hydroxyl groups excluding tert-OH is 5. The van der Waals surface area contributed by atoms with Crippen LogP contribution in [0.3, 0.4) is 0 Å². The highest BCUT2D eigenvalue weighted by Crippen LogP contribution is 2.50. The lowest BCUT2D eigenvalue weighted by atomic mass is 9.90. The number of aliphatic hydroxyl groups is 5. The van der Waals surface area contributed by atoms with E-state index in [1.54, 1.807) is 0 Å². The lowest BCUT2D eigenvalue weighted by molar-refractivity contribution is -0.255. The predicted octanol–water partition coefficient (Wildman–Crippen LogP) is -5.19. The van der Waals surface area contributed by atoms with Gasteiger partial charge >= 0.3 is 13.5 Å². The van der Waals surface area contributed by atoms with Crippen molar-refractivity contribution in [2.24, 2.45) is 5.73 Å². The predicted molar refractivity (Wildman–Crippen MR) is 129 cm³/mol. The van der Waals surface area contributed by atoms with E-state index in [-0.39, 0.29) is 12.1 Å². The Morgan fingerprint density at radius 1 is 1.35 bits per heavy atom. The first-order valence-corrected chi connectivity index (χ1v) is 13.4. The standard InChI is InChI=1S/C20H32N5O14P/c21-5-14(30)24-15-10(29)4-20(8-27,38-11(15)3-9(28)6-26)39-40(34,35)36-7-12-16(31)17(32)18(37-12)25-2-1-13(22)23-19(25)33/h1-2,8-12,15-18,26,28-29,31-32H,3-7,21H2,(H,24,30)(H,34,35)(H2,22,23,33)/t9-,10?,11?,12?,15?,16+,17+,18+,20?/m0/s1. The van der Waals surface area contributed by atoms with Gasteiger partial charge in [0, 0.05) is 19.0 Å². The summed E-state index contributed by atoms with van der Waals surface area (Å²) in [5, 5.41) is 52.7. The van der Waals surface area contributed by atoms with Gasteiger partial charge in [-0.25, -0.2) is 13.9 Å². The molecule has 11 N–H and O–H groups in total. The van der Waals surface area contributed by atoms with Crippen molar-refractivity contribution in [1.29, 1.82) is 0 Å². The molecule has 2 aliphatic rings. The van der Waals surface area contributed by atoms with Gasteiger partial charge in [0.25, 0.3) is 0 Å². The van der Waals surface area contributed by atoms with E-state index >= 15 is 0 Å². The molecule has 0 aromatic carbocycles. The first kappa shape index (κ1) is 32.1. The highest BCUT2D eigenvalue weighted by molar-refractivity contribution is 7.47. The maximum atomic E-state index is 12.8. The third-order valence-electron chi connectivity index (χ3n) is 6.20. The number of hydrogen-bond donors (Lipinski definition) is 9. The van der Waals surface area contributed by atoms with Crippen LogP contribution in [-0.2, 0) is 32.7 Å². The minimum Gasteiger partial charge on any atom is -0.394 e.